The number of nitrogens with zero attached hydrogens (tertiary/aromatic N) is 2. The Morgan fingerprint density at radius 2 is 2.00 bits per heavy atom. The molecule has 1 aromatic carbocycles. The monoisotopic (exact) mass is 397 g/mol. The van der Waals surface area contributed by atoms with Gasteiger partial charge in [-0.15, -0.1) is 0 Å². The summed E-state index contributed by atoms with van der Waals surface area (Å²) in [6.07, 6.45) is -2.43. The fourth-order valence-corrected chi connectivity index (χ4v) is 3.25. The van der Waals surface area contributed by atoms with Gasteiger partial charge in [0, 0.05) is 36.8 Å². The largest absolute Gasteiger partial charge is 0.467 e. The number of rotatable bonds is 5. The van der Waals surface area contributed by atoms with Crippen LogP contribution in [0.25, 0.3) is 0 Å². The first-order chi connectivity index (χ1) is 13.3. The average molecular weight is 397 g/mol. The van der Waals surface area contributed by atoms with Crippen molar-refractivity contribution in [3.05, 3.63) is 58.0 Å². The zero-order chi connectivity index (χ0) is 20.3. The van der Waals surface area contributed by atoms with Gasteiger partial charge in [0.1, 0.15) is 5.76 Å². The molecule has 1 fully saturated rings. The lowest BCUT2D eigenvalue weighted by molar-refractivity contribution is -0.385. The van der Waals surface area contributed by atoms with Gasteiger partial charge in [-0.3, -0.25) is 14.9 Å². The van der Waals surface area contributed by atoms with Gasteiger partial charge < -0.3 is 14.6 Å². The number of nitrogens with one attached hydrogen (secondary N) is 1. The number of alkyl halides is 3. The van der Waals surface area contributed by atoms with Crippen LogP contribution in [0.2, 0.25) is 0 Å². The van der Waals surface area contributed by atoms with Gasteiger partial charge in [-0.05, 0) is 31.0 Å². The molecule has 7 nitrogen and oxygen atoms in total. The van der Waals surface area contributed by atoms with E-state index in [2.05, 4.69) is 5.32 Å². The van der Waals surface area contributed by atoms with Crippen LogP contribution in [0.1, 0.15) is 24.2 Å². The Morgan fingerprint density at radius 3 is 2.57 bits per heavy atom. The molecule has 2 heterocycles. The molecule has 1 aliphatic heterocycles. The number of hydrogen-bond donors (Lipinski definition) is 1. The molecule has 1 aromatic heterocycles. The van der Waals surface area contributed by atoms with E-state index in [1.807, 2.05) is 0 Å². The Bertz CT molecular complexity index is 844. The maximum absolute atomic E-state index is 13.4. The van der Waals surface area contributed by atoms with E-state index in [-0.39, 0.29) is 37.1 Å². The smallest absolute Gasteiger partial charge is 0.418 e. The zero-order valence-electron chi connectivity index (χ0n) is 14.7. The van der Waals surface area contributed by atoms with E-state index in [9.17, 15) is 28.1 Å². The Labute approximate surface area is 158 Å². The molecule has 0 saturated carbocycles. The van der Waals surface area contributed by atoms with Gasteiger partial charge in [0.25, 0.3) is 5.69 Å². The molecule has 0 unspecified atom stereocenters. The van der Waals surface area contributed by atoms with Gasteiger partial charge in [-0.25, -0.2) is 0 Å². The lowest BCUT2D eigenvalue weighted by Crippen LogP contribution is -2.41. The molecule has 10 heteroatoms. The molecule has 3 rings (SSSR count). The third-order valence-corrected chi connectivity index (χ3v) is 4.72. The summed E-state index contributed by atoms with van der Waals surface area (Å²) < 4.78 is 45.2. The van der Waals surface area contributed by atoms with Crippen LogP contribution in [0, 0.1) is 16.0 Å². The van der Waals surface area contributed by atoms with Crippen molar-refractivity contribution >= 4 is 17.3 Å². The van der Waals surface area contributed by atoms with E-state index < -0.39 is 22.4 Å². The minimum Gasteiger partial charge on any atom is -0.467 e. The molecule has 28 heavy (non-hydrogen) atoms. The summed E-state index contributed by atoms with van der Waals surface area (Å²) in [5, 5.41) is 13.6. The molecule has 2 aromatic rings. The van der Waals surface area contributed by atoms with E-state index >= 15 is 0 Å². The van der Waals surface area contributed by atoms with Crippen LogP contribution in [0.15, 0.2) is 41.0 Å². The highest BCUT2D eigenvalue weighted by molar-refractivity contribution is 5.79. The molecule has 0 atom stereocenters. The van der Waals surface area contributed by atoms with E-state index in [0.29, 0.717) is 24.7 Å². The number of piperidine rings is 1. The predicted octanol–water partition coefficient (Wildman–Crippen LogP) is 3.74. The molecule has 150 valence electrons. The van der Waals surface area contributed by atoms with Gasteiger partial charge in [0.15, 0.2) is 0 Å². The van der Waals surface area contributed by atoms with E-state index in [0.717, 1.165) is 12.1 Å². The predicted molar refractivity (Wildman–Crippen MR) is 93.6 cm³/mol. The number of benzene rings is 1. The summed E-state index contributed by atoms with van der Waals surface area (Å²) in [6.45, 7) is 0.756. The van der Waals surface area contributed by atoms with E-state index in [4.69, 9.17) is 4.42 Å². The Balaban J connectivity index is 1.65. The first-order valence-corrected chi connectivity index (χ1v) is 8.66. The molecule has 0 radical (unpaired) electrons. The summed E-state index contributed by atoms with van der Waals surface area (Å²) in [5.41, 5.74) is -1.75. The summed E-state index contributed by atoms with van der Waals surface area (Å²) in [6, 6.07) is 6.18. The summed E-state index contributed by atoms with van der Waals surface area (Å²) in [7, 11) is 0. The fraction of sp³-hybridized carbons (Fsp3) is 0.389. The van der Waals surface area contributed by atoms with Crippen molar-refractivity contribution in [3.63, 3.8) is 0 Å². The number of halogens is 3. The number of amides is 1. The second kappa shape index (κ2) is 7.91. The van der Waals surface area contributed by atoms with Crippen molar-refractivity contribution in [1.82, 2.24) is 5.32 Å². The van der Waals surface area contributed by atoms with Gasteiger partial charge in [-0.1, -0.05) is 0 Å². The minimum atomic E-state index is -4.71. The lowest BCUT2D eigenvalue weighted by Gasteiger charge is -2.34. The van der Waals surface area contributed by atoms with Crippen LogP contribution < -0.4 is 10.2 Å². The highest BCUT2D eigenvalue weighted by Gasteiger charge is 2.37. The zero-order valence-corrected chi connectivity index (χ0v) is 14.7. The highest BCUT2D eigenvalue weighted by Crippen LogP contribution is 2.39. The summed E-state index contributed by atoms with van der Waals surface area (Å²) >= 11 is 0. The fourth-order valence-electron chi connectivity index (χ4n) is 3.25. The third kappa shape index (κ3) is 4.44. The van der Waals surface area contributed by atoms with Crippen LogP contribution in [-0.4, -0.2) is 23.9 Å². The number of nitro groups is 1. The van der Waals surface area contributed by atoms with Crippen molar-refractivity contribution < 1.29 is 27.3 Å². The second-order valence-corrected chi connectivity index (χ2v) is 6.51. The highest BCUT2D eigenvalue weighted by atomic mass is 19.4. The molecule has 0 bridgehead atoms. The quantitative estimate of drug-likeness (QED) is 0.613. The molecule has 0 spiro atoms. The Kier molecular flexibility index (Phi) is 5.57. The van der Waals surface area contributed by atoms with Crippen molar-refractivity contribution in [1.29, 1.82) is 0 Å². The number of anilines is 1. The molecule has 1 aliphatic rings. The van der Waals surface area contributed by atoms with Gasteiger partial charge >= 0.3 is 6.18 Å². The standard InChI is InChI=1S/C18H18F3N3O4/c19-18(20,21)15-10-13(24(26)27)3-4-16(15)23-7-5-12(6-8-23)17(25)22-11-14-2-1-9-28-14/h1-4,9-10,12H,5-8,11H2,(H,22,25). The average Bonchev–Trinajstić information content (AvgIpc) is 3.18. The van der Waals surface area contributed by atoms with Crippen molar-refractivity contribution in [3.8, 4) is 0 Å². The summed E-state index contributed by atoms with van der Waals surface area (Å²) in [4.78, 5) is 23.7. The number of nitro benzene ring substituents is 1. The maximum atomic E-state index is 13.4. The van der Waals surface area contributed by atoms with Crippen LogP contribution in [0.4, 0.5) is 24.5 Å². The van der Waals surface area contributed by atoms with Gasteiger partial charge in [0.05, 0.1) is 23.3 Å². The first kappa shape index (κ1) is 19.7. The molecular formula is C18H18F3N3O4. The van der Waals surface area contributed by atoms with Crippen molar-refractivity contribution in [2.24, 2.45) is 5.92 Å². The SMILES string of the molecule is O=C(NCc1ccco1)C1CCN(c2ccc([N+](=O)[O-])cc2C(F)(F)F)CC1. The molecular weight excluding hydrogens is 379 g/mol. The minimum absolute atomic E-state index is 0.104. The summed E-state index contributed by atoms with van der Waals surface area (Å²) in [5.74, 6) is 0.140. The first-order valence-electron chi connectivity index (χ1n) is 8.66. The third-order valence-electron chi connectivity index (χ3n) is 4.72. The topological polar surface area (TPSA) is 88.6 Å². The molecule has 1 amide bonds. The number of furan rings is 1. The Morgan fingerprint density at radius 1 is 1.29 bits per heavy atom. The van der Waals surface area contributed by atoms with Gasteiger partial charge in [0.2, 0.25) is 5.91 Å². The number of carbonyl (C=O) groups excluding carboxylic acids is 1. The van der Waals surface area contributed by atoms with Crippen molar-refractivity contribution in [2.75, 3.05) is 18.0 Å². The van der Waals surface area contributed by atoms with Crippen LogP contribution in [0.5, 0.6) is 0 Å². The number of carbonyl (C=O) groups is 1. The normalized spacial score (nSPS) is 15.5. The van der Waals surface area contributed by atoms with Crippen molar-refractivity contribution in [2.45, 2.75) is 25.6 Å². The maximum Gasteiger partial charge on any atom is 0.418 e. The number of non-ortho nitro benzene ring substituents is 1. The van der Waals surface area contributed by atoms with Gasteiger partial charge in [-0.2, -0.15) is 13.2 Å². The van der Waals surface area contributed by atoms with Crippen LogP contribution in [0.3, 0.4) is 0 Å². The van der Waals surface area contributed by atoms with E-state index in [1.165, 1.54) is 11.2 Å². The lowest BCUT2D eigenvalue weighted by atomic mass is 9.95. The van der Waals surface area contributed by atoms with Crippen LogP contribution in [-0.2, 0) is 17.5 Å². The van der Waals surface area contributed by atoms with E-state index in [1.54, 1.807) is 12.1 Å². The molecule has 1 N–H and O–H groups in total. The number of hydrogen-bond acceptors (Lipinski definition) is 5. The Hall–Kier alpha value is -3.04. The molecule has 0 aliphatic carbocycles. The second-order valence-electron chi connectivity index (χ2n) is 6.51. The van der Waals surface area contributed by atoms with Crippen LogP contribution >= 0.6 is 0 Å². The molecule has 1 saturated heterocycles.